The first kappa shape index (κ1) is 11.7. The van der Waals surface area contributed by atoms with E-state index in [4.69, 9.17) is 5.26 Å². The molecule has 0 saturated carbocycles. The van der Waals surface area contributed by atoms with Crippen LogP contribution < -0.4 is 0 Å². The van der Waals surface area contributed by atoms with Crippen molar-refractivity contribution in [3.05, 3.63) is 35.2 Å². The van der Waals surface area contributed by atoms with Gasteiger partial charge < -0.3 is 4.57 Å². The molecule has 0 fully saturated rings. The zero-order chi connectivity index (χ0) is 12.4. The van der Waals surface area contributed by atoms with Crippen LogP contribution in [0.1, 0.15) is 17.0 Å². The minimum atomic E-state index is 0.677. The van der Waals surface area contributed by atoms with E-state index in [-0.39, 0.29) is 0 Å². The van der Waals surface area contributed by atoms with Gasteiger partial charge in [-0.1, -0.05) is 6.07 Å². The summed E-state index contributed by atoms with van der Waals surface area (Å²) in [5.74, 6) is 0.859. The Bertz CT molecular complexity index is 595. The monoisotopic (exact) mass is 244 g/mol. The quantitative estimate of drug-likeness (QED) is 0.814. The van der Waals surface area contributed by atoms with Crippen LogP contribution in [-0.2, 0) is 7.05 Å². The first-order valence-electron chi connectivity index (χ1n) is 5.16. The first-order chi connectivity index (χ1) is 8.11. The molecule has 1 heterocycles. The Hall–Kier alpha value is -1.80. The lowest BCUT2D eigenvalue weighted by molar-refractivity contribution is 0.765. The van der Waals surface area contributed by atoms with Gasteiger partial charge in [-0.3, -0.25) is 0 Å². The maximum absolute atomic E-state index is 9.09. The molecular formula is C12H12N4S. The molecule has 0 aliphatic heterocycles. The van der Waals surface area contributed by atoms with E-state index in [2.05, 4.69) is 16.3 Å². The molecule has 0 amide bonds. The molecule has 0 spiro atoms. The third-order valence-electron chi connectivity index (χ3n) is 2.51. The fourth-order valence-electron chi connectivity index (χ4n) is 1.40. The van der Waals surface area contributed by atoms with Crippen molar-refractivity contribution in [2.75, 3.05) is 0 Å². The lowest BCUT2D eigenvalue weighted by Crippen LogP contribution is -1.94. The van der Waals surface area contributed by atoms with Crippen LogP contribution in [-0.4, -0.2) is 14.8 Å². The van der Waals surface area contributed by atoms with E-state index in [0.29, 0.717) is 5.56 Å². The summed E-state index contributed by atoms with van der Waals surface area (Å²) in [6.45, 7) is 3.87. The molecule has 5 heteroatoms. The second-order valence-corrected chi connectivity index (χ2v) is 4.81. The van der Waals surface area contributed by atoms with Gasteiger partial charge in [-0.25, -0.2) is 0 Å². The molecule has 4 nitrogen and oxygen atoms in total. The van der Waals surface area contributed by atoms with E-state index in [9.17, 15) is 0 Å². The largest absolute Gasteiger partial charge is 0.309 e. The van der Waals surface area contributed by atoms with E-state index >= 15 is 0 Å². The van der Waals surface area contributed by atoms with Crippen LogP contribution in [0.4, 0.5) is 0 Å². The topological polar surface area (TPSA) is 54.5 Å². The molecule has 1 aromatic heterocycles. The van der Waals surface area contributed by atoms with Crippen molar-refractivity contribution in [3.8, 4) is 6.07 Å². The Morgan fingerprint density at radius 1 is 1.29 bits per heavy atom. The van der Waals surface area contributed by atoms with Gasteiger partial charge in [0.05, 0.1) is 5.56 Å². The molecule has 0 N–H and O–H groups in total. The molecule has 0 aliphatic carbocycles. The van der Waals surface area contributed by atoms with Crippen molar-refractivity contribution in [1.82, 2.24) is 14.8 Å². The van der Waals surface area contributed by atoms with Crippen LogP contribution in [0.2, 0.25) is 0 Å². The maximum atomic E-state index is 9.09. The minimum Gasteiger partial charge on any atom is -0.309 e. The van der Waals surface area contributed by atoms with Gasteiger partial charge in [0.15, 0.2) is 5.16 Å². The Balaban J connectivity index is 2.37. The lowest BCUT2D eigenvalue weighted by atomic mass is 10.2. The SMILES string of the molecule is Cc1ccc(Sc2nnc(C)n2C)c(C#N)c1. The van der Waals surface area contributed by atoms with E-state index in [1.165, 1.54) is 11.8 Å². The van der Waals surface area contributed by atoms with Gasteiger partial charge in [0.25, 0.3) is 0 Å². The fourth-order valence-corrected chi connectivity index (χ4v) is 2.29. The van der Waals surface area contributed by atoms with Gasteiger partial charge in [-0.2, -0.15) is 5.26 Å². The molecule has 0 bridgehead atoms. The Labute approximate surface area is 104 Å². The summed E-state index contributed by atoms with van der Waals surface area (Å²) >= 11 is 1.46. The molecule has 1 aromatic carbocycles. The zero-order valence-electron chi connectivity index (χ0n) is 9.93. The van der Waals surface area contributed by atoms with Crippen LogP contribution >= 0.6 is 11.8 Å². The summed E-state index contributed by atoms with van der Waals surface area (Å²) in [6.07, 6.45) is 0. The summed E-state index contributed by atoms with van der Waals surface area (Å²) in [4.78, 5) is 0.911. The second-order valence-electron chi connectivity index (χ2n) is 3.80. The van der Waals surface area contributed by atoms with Gasteiger partial charge in [-0.15, -0.1) is 10.2 Å². The van der Waals surface area contributed by atoms with Gasteiger partial charge in [0.1, 0.15) is 11.9 Å². The molecule has 0 aliphatic rings. The van der Waals surface area contributed by atoms with Gasteiger partial charge in [-0.05, 0) is 43.3 Å². The number of nitriles is 1. The fraction of sp³-hybridized carbons (Fsp3) is 0.250. The van der Waals surface area contributed by atoms with Crippen molar-refractivity contribution in [2.24, 2.45) is 7.05 Å². The highest BCUT2D eigenvalue weighted by atomic mass is 32.2. The molecule has 0 saturated heterocycles. The summed E-state index contributed by atoms with van der Waals surface area (Å²) in [5, 5.41) is 18.0. The number of aromatic nitrogens is 3. The third-order valence-corrected chi connectivity index (χ3v) is 3.62. The second kappa shape index (κ2) is 4.60. The molecule has 17 heavy (non-hydrogen) atoms. The number of benzene rings is 1. The Morgan fingerprint density at radius 2 is 2.06 bits per heavy atom. The Kier molecular flexibility index (Phi) is 3.16. The molecule has 0 unspecified atom stereocenters. The predicted molar refractivity (Wildman–Crippen MR) is 65.8 cm³/mol. The van der Waals surface area contributed by atoms with Crippen molar-refractivity contribution < 1.29 is 0 Å². The highest BCUT2D eigenvalue weighted by molar-refractivity contribution is 7.99. The molecule has 2 aromatic rings. The van der Waals surface area contributed by atoms with E-state index in [1.807, 2.05) is 43.7 Å². The van der Waals surface area contributed by atoms with E-state index < -0.39 is 0 Å². The molecule has 86 valence electrons. The molecular weight excluding hydrogens is 232 g/mol. The normalized spacial score (nSPS) is 10.2. The maximum Gasteiger partial charge on any atom is 0.195 e. The molecule has 0 radical (unpaired) electrons. The smallest absolute Gasteiger partial charge is 0.195 e. The summed E-state index contributed by atoms with van der Waals surface area (Å²) in [7, 11) is 1.91. The van der Waals surface area contributed by atoms with Crippen LogP contribution in [0, 0.1) is 25.2 Å². The number of hydrogen-bond acceptors (Lipinski definition) is 4. The number of hydrogen-bond donors (Lipinski definition) is 0. The number of aryl methyl sites for hydroxylation is 2. The number of rotatable bonds is 2. The Morgan fingerprint density at radius 3 is 2.65 bits per heavy atom. The number of nitrogens with zero attached hydrogens (tertiary/aromatic N) is 4. The van der Waals surface area contributed by atoms with E-state index in [0.717, 1.165) is 21.4 Å². The van der Waals surface area contributed by atoms with Crippen LogP contribution in [0.3, 0.4) is 0 Å². The van der Waals surface area contributed by atoms with Crippen molar-refractivity contribution in [1.29, 1.82) is 5.26 Å². The average Bonchev–Trinajstić information content (AvgIpc) is 2.63. The summed E-state index contributed by atoms with van der Waals surface area (Å²) in [6, 6.07) is 8.02. The third kappa shape index (κ3) is 2.32. The standard InChI is InChI=1S/C12H12N4S/c1-8-4-5-11(10(6-8)7-13)17-12-15-14-9(2)16(12)3/h4-6H,1-3H3. The van der Waals surface area contributed by atoms with E-state index in [1.54, 1.807) is 0 Å². The van der Waals surface area contributed by atoms with Gasteiger partial charge >= 0.3 is 0 Å². The summed E-state index contributed by atoms with van der Waals surface area (Å²) < 4.78 is 1.91. The molecule has 2 rings (SSSR count). The lowest BCUT2D eigenvalue weighted by Gasteiger charge is -2.04. The first-order valence-corrected chi connectivity index (χ1v) is 5.98. The van der Waals surface area contributed by atoms with Gasteiger partial charge in [0.2, 0.25) is 0 Å². The average molecular weight is 244 g/mol. The van der Waals surface area contributed by atoms with Crippen molar-refractivity contribution in [2.45, 2.75) is 23.9 Å². The highest BCUT2D eigenvalue weighted by Gasteiger charge is 2.10. The van der Waals surface area contributed by atoms with Crippen LogP contribution in [0.15, 0.2) is 28.3 Å². The van der Waals surface area contributed by atoms with Crippen molar-refractivity contribution >= 4 is 11.8 Å². The van der Waals surface area contributed by atoms with Crippen LogP contribution in [0.5, 0.6) is 0 Å². The summed E-state index contributed by atoms with van der Waals surface area (Å²) in [5.41, 5.74) is 1.76. The zero-order valence-corrected chi connectivity index (χ0v) is 10.7. The van der Waals surface area contributed by atoms with Gasteiger partial charge in [0, 0.05) is 11.9 Å². The predicted octanol–water partition coefficient (Wildman–Crippen LogP) is 2.45. The highest BCUT2D eigenvalue weighted by Crippen LogP contribution is 2.29. The van der Waals surface area contributed by atoms with Crippen LogP contribution in [0.25, 0.3) is 0 Å². The minimum absolute atomic E-state index is 0.677. The van der Waals surface area contributed by atoms with Crippen molar-refractivity contribution in [3.63, 3.8) is 0 Å². The molecule has 0 atom stereocenters.